The topological polar surface area (TPSA) is 36.4 Å². The van der Waals surface area contributed by atoms with Crippen LogP contribution >= 0.6 is 11.3 Å². The Morgan fingerprint density at radius 2 is 2.15 bits per heavy atom. The van der Waals surface area contributed by atoms with E-state index in [9.17, 15) is 5.11 Å². The number of aromatic nitrogens is 1. The molecule has 3 nitrogen and oxygen atoms in total. The summed E-state index contributed by atoms with van der Waals surface area (Å²) in [7, 11) is 0. The molecule has 1 saturated heterocycles. The molecule has 106 valence electrons. The molecule has 0 saturated carbocycles. The predicted octanol–water partition coefficient (Wildman–Crippen LogP) is 2.59. The highest BCUT2D eigenvalue weighted by Gasteiger charge is 2.37. The molecular formula is C16H20N2OS. The van der Waals surface area contributed by atoms with E-state index in [1.165, 1.54) is 5.69 Å². The summed E-state index contributed by atoms with van der Waals surface area (Å²) in [5, 5.41) is 14.0. The summed E-state index contributed by atoms with van der Waals surface area (Å²) in [6.07, 6.45) is 1.78. The van der Waals surface area contributed by atoms with Crippen molar-refractivity contribution in [3.8, 4) is 0 Å². The fourth-order valence-electron chi connectivity index (χ4n) is 2.84. The zero-order valence-electron chi connectivity index (χ0n) is 11.7. The van der Waals surface area contributed by atoms with E-state index in [2.05, 4.69) is 15.3 Å². The Morgan fingerprint density at radius 1 is 1.35 bits per heavy atom. The summed E-state index contributed by atoms with van der Waals surface area (Å²) in [4.78, 5) is 6.83. The van der Waals surface area contributed by atoms with Crippen LogP contribution in [-0.2, 0) is 12.0 Å². The lowest BCUT2D eigenvalue weighted by molar-refractivity contribution is 0.0462. The Hall–Kier alpha value is -1.23. The third-order valence-electron chi connectivity index (χ3n) is 3.99. The third-order valence-corrected chi connectivity index (χ3v) is 4.81. The smallest absolute Gasteiger partial charge is 0.103 e. The summed E-state index contributed by atoms with van der Waals surface area (Å²) in [5.74, 6) is 0. The van der Waals surface area contributed by atoms with Gasteiger partial charge in [0.1, 0.15) is 5.60 Å². The normalized spacial score (nSPS) is 23.3. The van der Waals surface area contributed by atoms with Crippen molar-refractivity contribution >= 4 is 11.3 Å². The summed E-state index contributed by atoms with van der Waals surface area (Å²) in [5.41, 5.74) is 1.52. The maximum atomic E-state index is 10.8. The number of hydrogen-bond donors (Lipinski definition) is 1. The Kier molecular flexibility index (Phi) is 3.87. The van der Waals surface area contributed by atoms with Crippen LogP contribution in [0.15, 0.2) is 35.7 Å². The van der Waals surface area contributed by atoms with Gasteiger partial charge >= 0.3 is 0 Å². The van der Waals surface area contributed by atoms with Crippen LogP contribution < -0.4 is 0 Å². The maximum Gasteiger partial charge on any atom is 0.103 e. The van der Waals surface area contributed by atoms with Gasteiger partial charge in [-0.2, -0.15) is 0 Å². The van der Waals surface area contributed by atoms with Crippen LogP contribution in [0.4, 0.5) is 0 Å². The SMILES string of the molecule is Cc1nc(CCN2CCC(O)(c3ccccc3)C2)cs1. The molecule has 1 aliphatic heterocycles. The van der Waals surface area contributed by atoms with Crippen LogP contribution in [0, 0.1) is 6.92 Å². The first-order valence-corrected chi connectivity index (χ1v) is 7.95. The highest BCUT2D eigenvalue weighted by Crippen LogP contribution is 2.31. The number of thiazole rings is 1. The van der Waals surface area contributed by atoms with Crippen molar-refractivity contribution in [1.82, 2.24) is 9.88 Å². The predicted molar refractivity (Wildman–Crippen MR) is 82.0 cm³/mol. The highest BCUT2D eigenvalue weighted by molar-refractivity contribution is 7.09. The van der Waals surface area contributed by atoms with Gasteiger partial charge in [0.25, 0.3) is 0 Å². The molecule has 1 fully saturated rings. The number of β-amino-alcohol motifs (C(OH)–C–C–N with tert-alkyl or cyclic N) is 1. The van der Waals surface area contributed by atoms with Crippen molar-refractivity contribution in [2.24, 2.45) is 0 Å². The van der Waals surface area contributed by atoms with Crippen LogP contribution in [0.1, 0.15) is 22.7 Å². The molecular weight excluding hydrogens is 268 g/mol. The van der Waals surface area contributed by atoms with E-state index in [-0.39, 0.29) is 0 Å². The standard InChI is InChI=1S/C16H20N2OS/c1-13-17-15(11-20-13)7-9-18-10-8-16(19,12-18)14-5-3-2-4-6-14/h2-6,11,19H,7-10,12H2,1H3. The summed E-state index contributed by atoms with van der Waals surface area (Å²) < 4.78 is 0. The first kappa shape index (κ1) is 13.7. The van der Waals surface area contributed by atoms with Gasteiger partial charge in [0.05, 0.1) is 10.7 Å². The van der Waals surface area contributed by atoms with Crippen LogP contribution in [-0.4, -0.2) is 34.6 Å². The van der Waals surface area contributed by atoms with Crippen molar-refractivity contribution in [3.63, 3.8) is 0 Å². The van der Waals surface area contributed by atoms with Gasteiger partial charge in [-0.05, 0) is 18.9 Å². The van der Waals surface area contributed by atoms with E-state index >= 15 is 0 Å². The largest absolute Gasteiger partial charge is 0.384 e. The second-order valence-corrected chi connectivity index (χ2v) is 6.59. The quantitative estimate of drug-likeness (QED) is 0.939. The van der Waals surface area contributed by atoms with E-state index in [4.69, 9.17) is 0 Å². The molecule has 2 aromatic rings. The molecule has 1 N–H and O–H groups in total. The fourth-order valence-corrected chi connectivity index (χ4v) is 3.49. The van der Waals surface area contributed by atoms with Gasteiger partial charge in [-0.25, -0.2) is 4.98 Å². The first-order valence-electron chi connectivity index (χ1n) is 7.07. The highest BCUT2D eigenvalue weighted by atomic mass is 32.1. The van der Waals surface area contributed by atoms with E-state index < -0.39 is 5.60 Å². The minimum atomic E-state index is -0.681. The van der Waals surface area contributed by atoms with Gasteiger partial charge in [-0.15, -0.1) is 11.3 Å². The monoisotopic (exact) mass is 288 g/mol. The molecule has 2 heterocycles. The van der Waals surface area contributed by atoms with Gasteiger partial charge in [-0.3, -0.25) is 4.90 Å². The molecule has 0 radical (unpaired) electrons. The minimum Gasteiger partial charge on any atom is -0.384 e. The van der Waals surface area contributed by atoms with Crippen LogP contribution in [0.5, 0.6) is 0 Å². The minimum absolute atomic E-state index is 0.681. The van der Waals surface area contributed by atoms with Crippen molar-refractivity contribution in [1.29, 1.82) is 0 Å². The average molecular weight is 288 g/mol. The van der Waals surface area contributed by atoms with Crippen LogP contribution in [0.25, 0.3) is 0 Å². The molecule has 1 unspecified atom stereocenters. The Morgan fingerprint density at radius 3 is 2.85 bits per heavy atom. The molecule has 3 rings (SSSR count). The lowest BCUT2D eigenvalue weighted by Gasteiger charge is -2.24. The van der Waals surface area contributed by atoms with Crippen molar-refractivity contribution in [3.05, 3.63) is 52.0 Å². The van der Waals surface area contributed by atoms with Gasteiger partial charge in [-0.1, -0.05) is 30.3 Å². The molecule has 1 atom stereocenters. The van der Waals surface area contributed by atoms with E-state index in [0.29, 0.717) is 0 Å². The first-order chi connectivity index (χ1) is 9.66. The molecule has 1 aromatic carbocycles. The number of hydrogen-bond acceptors (Lipinski definition) is 4. The number of rotatable bonds is 4. The van der Waals surface area contributed by atoms with Crippen LogP contribution in [0.2, 0.25) is 0 Å². The fraction of sp³-hybridized carbons (Fsp3) is 0.438. The lowest BCUT2D eigenvalue weighted by Crippen LogP contribution is -2.31. The molecule has 0 spiro atoms. The van der Waals surface area contributed by atoms with Gasteiger partial charge in [0.15, 0.2) is 0 Å². The number of aliphatic hydroxyl groups is 1. The molecule has 0 amide bonds. The number of aryl methyl sites for hydroxylation is 1. The van der Waals surface area contributed by atoms with E-state index in [1.807, 2.05) is 37.3 Å². The Bertz CT molecular complexity index is 569. The van der Waals surface area contributed by atoms with E-state index in [1.54, 1.807) is 11.3 Å². The van der Waals surface area contributed by atoms with Gasteiger partial charge in [0, 0.05) is 31.4 Å². The van der Waals surface area contributed by atoms with Crippen molar-refractivity contribution in [2.45, 2.75) is 25.4 Å². The van der Waals surface area contributed by atoms with Crippen LogP contribution in [0.3, 0.4) is 0 Å². The second kappa shape index (κ2) is 5.64. The van der Waals surface area contributed by atoms with Gasteiger partial charge < -0.3 is 5.11 Å². The number of likely N-dealkylation sites (tertiary alicyclic amines) is 1. The van der Waals surface area contributed by atoms with Gasteiger partial charge in [0.2, 0.25) is 0 Å². The molecule has 20 heavy (non-hydrogen) atoms. The summed E-state index contributed by atoms with van der Waals surface area (Å²) in [6.45, 7) is 4.69. The van der Waals surface area contributed by atoms with Crippen molar-refractivity contribution in [2.75, 3.05) is 19.6 Å². The van der Waals surface area contributed by atoms with Crippen molar-refractivity contribution < 1.29 is 5.11 Å². The van der Waals surface area contributed by atoms with E-state index in [0.717, 1.165) is 43.0 Å². The molecule has 0 aliphatic carbocycles. The Labute approximate surface area is 123 Å². The zero-order valence-corrected chi connectivity index (χ0v) is 12.6. The maximum absolute atomic E-state index is 10.8. The lowest BCUT2D eigenvalue weighted by atomic mass is 9.93. The molecule has 1 aliphatic rings. The number of benzene rings is 1. The molecule has 4 heteroatoms. The summed E-state index contributed by atoms with van der Waals surface area (Å²) in [6, 6.07) is 10.0. The summed E-state index contributed by atoms with van der Waals surface area (Å²) >= 11 is 1.70. The molecule has 0 bridgehead atoms. The number of nitrogens with zero attached hydrogens (tertiary/aromatic N) is 2. The molecule has 1 aromatic heterocycles. The Balaban J connectivity index is 1.59. The second-order valence-electron chi connectivity index (χ2n) is 5.53. The zero-order chi connectivity index (χ0) is 14.0. The third kappa shape index (κ3) is 2.92. The average Bonchev–Trinajstić information content (AvgIpc) is 3.05.